The van der Waals surface area contributed by atoms with E-state index >= 15 is 0 Å². The van der Waals surface area contributed by atoms with Gasteiger partial charge in [0.1, 0.15) is 19.0 Å². The lowest BCUT2D eigenvalue weighted by Crippen LogP contribution is -2.37. The SMILES string of the molecule is CN(CCOc1cccc(Cl)c1)C(=O)COC1CCNCC1. The Hall–Kier alpha value is -1.30. The van der Waals surface area contributed by atoms with Crippen molar-refractivity contribution in [1.29, 1.82) is 0 Å². The average Bonchev–Trinajstić information content (AvgIpc) is 2.53. The standard InChI is InChI=1S/C16H23ClN2O3/c1-19(9-10-21-15-4-2-3-13(17)11-15)16(20)12-22-14-5-7-18-8-6-14/h2-4,11,14,18H,5-10,12H2,1H3. The first-order valence-corrected chi connectivity index (χ1v) is 7.97. The molecule has 1 aromatic rings. The second-order valence-electron chi connectivity index (χ2n) is 5.38. The van der Waals surface area contributed by atoms with Crippen molar-refractivity contribution in [2.45, 2.75) is 18.9 Å². The van der Waals surface area contributed by atoms with E-state index in [9.17, 15) is 4.79 Å². The third-order valence-electron chi connectivity index (χ3n) is 3.65. The Bertz CT molecular complexity index is 478. The maximum Gasteiger partial charge on any atom is 0.248 e. The summed E-state index contributed by atoms with van der Waals surface area (Å²) >= 11 is 5.89. The van der Waals surface area contributed by atoms with Gasteiger partial charge in [0.2, 0.25) is 5.91 Å². The van der Waals surface area contributed by atoms with Gasteiger partial charge in [-0.1, -0.05) is 17.7 Å². The second-order valence-corrected chi connectivity index (χ2v) is 5.82. The molecule has 1 N–H and O–H groups in total. The molecule has 0 atom stereocenters. The Kier molecular flexibility index (Phi) is 6.96. The molecule has 0 unspecified atom stereocenters. The van der Waals surface area contributed by atoms with Gasteiger partial charge in [-0.25, -0.2) is 0 Å². The lowest BCUT2D eigenvalue weighted by Gasteiger charge is -2.24. The minimum absolute atomic E-state index is 0.0202. The van der Waals surface area contributed by atoms with Crippen LogP contribution in [0.2, 0.25) is 5.02 Å². The number of likely N-dealkylation sites (N-methyl/N-ethyl adjacent to an activating group) is 1. The summed E-state index contributed by atoms with van der Waals surface area (Å²) < 4.78 is 11.2. The van der Waals surface area contributed by atoms with Crippen LogP contribution in [0.25, 0.3) is 0 Å². The quantitative estimate of drug-likeness (QED) is 0.832. The van der Waals surface area contributed by atoms with Crippen molar-refractivity contribution in [2.24, 2.45) is 0 Å². The first kappa shape index (κ1) is 17.1. The van der Waals surface area contributed by atoms with Crippen molar-refractivity contribution in [2.75, 3.05) is 39.9 Å². The fraction of sp³-hybridized carbons (Fsp3) is 0.562. The lowest BCUT2D eigenvalue weighted by molar-refractivity contribution is -0.137. The van der Waals surface area contributed by atoms with E-state index in [4.69, 9.17) is 21.1 Å². The molecular weight excluding hydrogens is 304 g/mol. The summed E-state index contributed by atoms with van der Waals surface area (Å²) in [6.07, 6.45) is 2.13. The van der Waals surface area contributed by atoms with Gasteiger partial charge in [-0.2, -0.15) is 0 Å². The van der Waals surface area contributed by atoms with Crippen LogP contribution in [0.5, 0.6) is 5.75 Å². The molecule has 0 saturated carbocycles. The molecule has 1 aromatic carbocycles. The van der Waals surface area contributed by atoms with Gasteiger partial charge in [0.05, 0.1) is 12.6 Å². The van der Waals surface area contributed by atoms with E-state index in [1.54, 1.807) is 24.1 Å². The largest absolute Gasteiger partial charge is 0.492 e. The molecule has 0 aromatic heterocycles. The molecule has 0 spiro atoms. The maximum absolute atomic E-state index is 12.0. The van der Waals surface area contributed by atoms with Gasteiger partial charge in [0, 0.05) is 12.1 Å². The van der Waals surface area contributed by atoms with E-state index in [0.29, 0.717) is 23.9 Å². The van der Waals surface area contributed by atoms with Crippen LogP contribution in [0.1, 0.15) is 12.8 Å². The monoisotopic (exact) mass is 326 g/mol. The third kappa shape index (κ3) is 5.83. The summed E-state index contributed by atoms with van der Waals surface area (Å²) in [4.78, 5) is 13.6. The van der Waals surface area contributed by atoms with Crippen LogP contribution < -0.4 is 10.1 Å². The summed E-state index contributed by atoms with van der Waals surface area (Å²) in [6, 6.07) is 7.22. The number of hydrogen-bond donors (Lipinski definition) is 1. The Morgan fingerprint density at radius 1 is 1.41 bits per heavy atom. The minimum atomic E-state index is -0.0202. The summed E-state index contributed by atoms with van der Waals surface area (Å²) in [6.45, 7) is 3.00. The highest BCUT2D eigenvalue weighted by Crippen LogP contribution is 2.16. The summed E-state index contributed by atoms with van der Waals surface area (Å²) in [5.74, 6) is 0.688. The van der Waals surface area contributed by atoms with Crippen LogP contribution in [-0.4, -0.2) is 56.8 Å². The number of piperidine rings is 1. The molecule has 1 amide bonds. The zero-order chi connectivity index (χ0) is 15.8. The van der Waals surface area contributed by atoms with E-state index in [1.807, 2.05) is 12.1 Å². The molecule has 22 heavy (non-hydrogen) atoms. The van der Waals surface area contributed by atoms with Crippen molar-refractivity contribution in [3.63, 3.8) is 0 Å². The van der Waals surface area contributed by atoms with Crippen LogP contribution in [-0.2, 0) is 9.53 Å². The second kappa shape index (κ2) is 8.98. The van der Waals surface area contributed by atoms with Gasteiger partial charge in [-0.15, -0.1) is 0 Å². The number of halogens is 1. The molecule has 0 radical (unpaired) electrons. The van der Waals surface area contributed by atoms with E-state index in [-0.39, 0.29) is 18.6 Å². The predicted molar refractivity (Wildman–Crippen MR) is 86.4 cm³/mol. The normalized spacial score (nSPS) is 15.5. The number of hydrogen-bond acceptors (Lipinski definition) is 4. The molecule has 5 nitrogen and oxygen atoms in total. The molecule has 0 bridgehead atoms. The summed E-state index contributed by atoms with van der Waals surface area (Å²) in [5.41, 5.74) is 0. The third-order valence-corrected chi connectivity index (χ3v) is 3.88. The number of benzene rings is 1. The Morgan fingerprint density at radius 3 is 2.91 bits per heavy atom. The molecule has 122 valence electrons. The van der Waals surface area contributed by atoms with Crippen LogP contribution in [0.4, 0.5) is 0 Å². The summed E-state index contributed by atoms with van der Waals surface area (Å²) in [5, 5.41) is 3.91. The number of rotatable bonds is 7. The zero-order valence-electron chi connectivity index (χ0n) is 12.9. The number of carbonyl (C=O) groups is 1. The molecule has 0 aliphatic carbocycles. The highest BCUT2D eigenvalue weighted by molar-refractivity contribution is 6.30. The van der Waals surface area contributed by atoms with Gasteiger partial charge in [0.15, 0.2) is 0 Å². The minimum Gasteiger partial charge on any atom is -0.492 e. The van der Waals surface area contributed by atoms with Crippen LogP contribution in [0.3, 0.4) is 0 Å². The molecule has 1 aliphatic rings. The van der Waals surface area contributed by atoms with Gasteiger partial charge in [-0.05, 0) is 44.1 Å². The molecule has 1 aliphatic heterocycles. The maximum atomic E-state index is 12.0. The van der Waals surface area contributed by atoms with Crippen molar-refractivity contribution in [3.8, 4) is 5.75 Å². The summed E-state index contributed by atoms with van der Waals surface area (Å²) in [7, 11) is 1.76. The van der Waals surface area contributed by atoms with Crippen molar-refractivity contribution >= 4 is 17.5 Å². The molecular formula is C16H23ClN2O3. The van der Waals surface area contributed by atoms with Crippen molar-refractivity contribution in [1.82, 2.24) is 10.2 Å². The highest BCUT2D eigenvalue weighted by atomic mass is 35.5. The smallest absolute Gasteiger partial charge is 0.248 e. The average molecular weight is 327 g/mol. The number of carbonyl (C=O) groups excluding carboxylic acids is 1. The first-order chi connectivity index (χ1) is 10.6. The van der Waals surface area contributed by atoms with E-state index in [2.05, 4.69) is 5.32 Å². The molecule has 1 fully saturated rings. The van der Waals surface area contributed by atoms with E-state index in [0.717, 1.165) is 25.9 Å². The van der Waals surface area contributed by atoms with Gasteiger partial charge >= 0.3 is 0 Å². The Labute approximate surface area is 136 Å². The Balaban J connectivity index is 1.63. The van der Waals surface area contributed by atoms with Gasteiger partial charge < -0.3 is 19.7 Å². The van der Waals surface area contributed by atoms with Crippen molar-refractivity contribution < 1.29 is 14.3 Å². The lowest BCUT2D eigenvalue weighted by atomic mass is 10.1. The first-order valence-electron chi connectivity index (χ1n) is 7.60. The van der Waals surface area contributed by atoms with Gasteiger partial charge in [0.25, 0.3) is 0 Å². The van der Waals surface area contributed by atoms with E-state index < -0.39 is 0 Å². The Morgan fingerprint density at radius 2 is 2.18 bits per heavy atom. The molecule has 1 heterocycles. The van der Waals surface area contributed by atoms with E-state index in [1.165, 1.54) is 0 Å². The number of amides is 1. The highest BCUT2D eigenvalue weighted by Gasteiger charge is 2.16. The van der Waals surface area contributed by atoms with Crippen LogP contribution in [0.15, 0.2) is 24.3 Å². The fourth-order valence-electron chi connectivity index (χ4n) is 2.24. The van der Waals surface area contributed by atoms with Crippen LogP contribution in [0, 0.1) is 0 Å². The fourth-order valence-corrected chi connectivity index (χ4v) is 2.42. The van der Waals surface area contributed by atoms with Crippen LogP contribution >= 0.6 is 11.6 Å². The van der Waals surface area contributed by atoms with Crippen molar-refractivity contribution in [3.05, 3.63) is 29.3 Å². The number of ether oxygens (including phenoxy) is 2. The molecule has 2 rings (SSSR count). The number of nitrogens with zero attached hydrogens (tertiary/aromatic N) is 1. The molecule has 6 heteroatoms. The predicted octanol–water partition coefficient (Wildman–Crippen LogP) is 1.95. The zero-order valence-corrected chi connectivity index (χ0v) is 13.6. The van der Waals surface area contributed by atoms with Gasteiger partial charge in [-0.3, -0.25) is 4.79 Å². The number of nitrogens with one attached hydrogen (secondary N) is 1. The topological polar surface area (TPSA) is 50.8 Å². The molecule has 1 saturated heterocycles.